The maximum absolute atomic E-state index is 9.21. The zero-order chi connectivity index (χ0) is 12.0. The fourth-order valence-corrected chi connectivity index (χ4v) is 2.10. The third-order valence-electron chi connectivity index (χ3n) is 2.61. The van der Waals surface area contributed by atoms with Crippen molar-refractivity contribution in [3.05, 3.63) is 34.3 Å². The first-order chi connectivity index (χ1) is 7.63. The molecular formula is C13H20BrNO. The van der Waals surface area contributed by atoms with E-state index in [-0.39, 0.29) is 6.10 Å². The molecule has 1 aromatic carbocycles. The third-order valence-corrected chi connectivity index (χ3v) is 3.11. The molecule has 0 aliphatic rings. The molecule has 0 bridgehead atoms. The first kappa shape index (κ1) is 13.7. The smallest absolute Gasteiger partial charge is 0.0524 e. The molecule has 1 rings (SSSR count). The summed E-state index contributed by atoms with van der Waals surface area (Å²) >= 11 is 3.48. The standard InChI is InChI=1S/C13H20BrNO/c1-3-13(15-8-7-10(2)16)11-5-4-6-12(14)9-11/h4-6,9-10,13,15-16H,3,7-8H2,1-2H3. The van der Waals surface area contributed by atoms with Gasteiger partial charge in [-0.3, -0.25) is 0 Å². The highest BCUT2D eigenvalue weighted by molar-refractivity contribution is 9.10. The quantitative estimate of drug-likeness (QED) is 0.841. The minimum Gasteiger partial charge on any atom is -0.393 e. The molecule has 90 valence electrons. The van der Waals surface area contributed by atoms with Gasteiger partial charge in [0.25, 0.3) is 0 Å². The molecular weight excluding hydrogens is 266 g/mol. The number of aliphatic hydroxyl groups excluding tert-OH is 1. The molecule has 0 heterocycles. The lowest BCUT2D eigenvalue weighted by molar-refractivity contribution is 0.182. The highest BCUT2D eigenvalue weighted by Crippen LogP contribution is 2.20. The number of benzene rings is 1. The van der Waals surface area contributed by atoms with Crippen LogP contribution in [0, 0.1) is 0 Å². The van der Waals surface area contributed by atoms with Crippen molar-refractivity contribution < 1.29 is 5.11 Å². The molecule has 0 aliphatic heterocycles. The van der Waals surface area contributed by atoms with E-state index in [1.807, 2.05) is 13.0 Å². The lowest BCUT2D eigenvalue weighted by atomic mass is 10.0. The highest BCUT2D eigenvalue weighted by Gasteiger charge is 2.08. The fraction of sp³-hybridized carbons (Fsp3) is 0.538. The average Bonchev–Trinajstić information content (AvgIpc) is 2.24. The van der Waals surface area contributed by atoms with Crippen LogP contribution in [0.5, 0.6) is 0 Å². The molecule has 16 heavy (non-hydrogen) atoms. The van der Waals surface area contributed by atoms with Crippen molar-refractivity contribution in [1.82, 2.24) is 5.32 Å². The minimum absolute atomic E-state index is 0.229. The summed E-state index contributed by atoms with van der Waals surface area (Å²) in [5.74, 6) is 0. The molecule has 0 spiro atoms. The molecule has 2 N–H and O–H groups in total. The van der Waals surface area contributed by atoms with Crippen molar-refractivity contribution in [2.24, 2.45) is 0 Å². The van der Waals surface area contributed by atoms with Crippen LogP contribution in [0.4, 0.5) is 0 Å². The van der Waals surface area contributed by atoms with Crippen molar-refractivity contribution in [1.29, 1.82) is 0 Å². The molecule has 0 saturated heterocycles. The van der Waals surface area contributed by atoms with Crippen molar-refractivity contribution in [2.45, 2.75) is 38.8 Å². The molecule has 3 heteroatoms. The van der Waals surface area contributed by atoms with Crippen LogP contribution in [0.2, 0.25) is 0 Å². The average molecular weight is 286 g/mol. The molecule has 1 aromatic rings. The van der Waals surface area contributed by atoms with E-state index < -0.39 is 0 Å². The summed E-state index contributed by atoms with van der Waals surface area (Å²) < 4.78 is 1.11. The van der Waals surface area contributed by atoms with E-state index in [1.165, 1.54) is 5.56 Å². The number of nitrogens with one attached hydrogen (secondary N) is 1. The van der Waals surface area contributed by atoms with Crippen LogP contribution < -0.4 is 5.32 Å². The SMILES string of the molecule is CCC(NCCC(C)O)c1cccc(Br)c1. The van der Waals surface area contributed by atoms with Gasteiger partial charge >= 0.3 is 0 Å². The normalized spacial score (nSPS) is 14.8. The van der Waals surface area contributed by atoms with Crippen molar-refractivity contribution in [3.63, 3.8) is 0 Å². The summed E-state index contributed by atoms with van der Waals surface area (Å²) in [6, 6.07) is 8.73. The van der Waals surface area contributed by atoms with Crippen molar-refractivity contribution >= 4 is 15.9 Å². The minimum atomic E-state index is -0.229. The fourth-order valence-electron chi connectivity index (χ4n) is 1.69. The second kappa shape index (κ2) is 7.05. The number of halogens is 1. The topological polar surface area (TPSA) is 32.3 Å². The van der Waals surface area contributed by atoms with Gasteiger partial charge in [0, 0.05) is 10.5 Å². The van der Waals surface area contributed by atoms with Gasteiger partial charge in [-0.2, -0.15) is 0 Å². The summed E-state index contributed by atoms with van der Waals surface area (Å²) in [6.45, 7) is 4.84. The Morgan fingerprint density at radius 2 is 2.19 bits per heavy atom. The van der Waals surface area contributed by atoms with E-state index in [0.29, 0.717) is 6.04 Å². The van der Waals surface area contributed by atoms with Gasteiger partial charge < -0.3 is 10.4 Å². The summed E-state index contributed by atoms with van der Waals surface area (Å²) in [7, 11) is 0. The van der Waals surface area contributed by atoms with Gasteiger partial charge in [0.05, 0.1) is 6.10 Å². The lowest BCUT2D eigenvalue weighted by Gasteiger charge is -2.18. The second-order valence-corrected chi connectivity index (χ2v) is 5.02. The molecule has 0 fully saturated rings. The molecule has 0 amide bonds. The number of aliphatic hydroxyl groups is 1. The molecule has 0 aromatic heterocycles. The van der Waals surface area contributed by atoms with Crippen molar-refractivity contribution in [3.8, 4) is 0 Å². The van der Waals surface area contributed by atoms with Gasteiger partial charge in [0.2, 0.25) is 0 Å². The van der Waals surface area contributed by atoms with E-state index in [9.17, 15) is 5.11 Å². The van der Waals surface area contributed by atoms with Gasteiger partial charge in [-0.25, -0.2) is 0 Å². The molecule has 2 atom stereocenters. The lowest BCUT2D eigenvalue weighted by Crippen LogP contribution is -2.24. The number of hydrogen-bond acceptors (Lipinski definition) is 2. The van der Waals surface area contributed by atoms with Gasteiger partial charge in [-0.05, 0) is 44.0 Å². The first-order valence-electron chi connectivity index (χ1n) is 5.80. The largest absolute Gasteiger partial charge is 0.393 e. The summed E-state index contributed by atoms with van der Waals surface area (Å²) in [4.78, 5) is 0. The van der Waals surface area contributed by atoms with E-state index in [0.717, 1.165) is 23.9 Å². The predicted molar refractivity (Wildman–Crippen MR) is 71.5 cm³/mol. The van der Waals surface area contributed by atoms with Crippen LogP contribution in [0.15, 0.2) is 28.7 Å². The van der Waals surface area contributed by atoms with Gasteiger partial charge in [0.1, 0.15) is 0 Å². The molecule has 0 radical (unpaired) electrons. The number of hydrogen-bond donors (Lipinski definition) is 2. The highest BCUT2D eigenvalue weighted by atomic mass is 79.9. The summed E-state index contributed by atoms with van der Waals surface area (Å²) in [5.41, 5.74) is 1.29. The van der Waals surface area contributed by atoms with Crippen LogP contribution in [0.3, 0.4) is 0 Å². The second-order valence-electron chi connectivity index (χ2n) is 4.11. The maximum atomic E-state index is 9.21. The first-order valence-corrected chi connectivity index (χ1v) is 6.59. The Bertz CT molecular complexity index is 315. The van der Waals surface area contributed by atoms with E-state index in [1.54, 1.807) is 0 Å². The molecule has 0 saturated carbocycles. The van der Waals surface area contributed by atoms with Crippen molar-refractivity contribution in [2.75, 3.05) is 6.54 Å². The third kappa shape index (κ3) is 4.64. The van der Waals surface area contributed by atoms with E-state index in [4.69, 9.17) is 0 Å². The summed E-state index contributed by atoms with van der Waals surface area (Å²) in [6.07, 6.45) is 1.62. The van der Waals surface area contributed by atoms with Crippen LogP contribution in [0.1, 0.15) is 38.3 Å². The molecule has 2 unspecified atom stereocenters. The van der Waals surface area contributed by atoms with Gasteiger partial charge in [-0.1, -0.05) is 35.0 Å². The Balaban J connectivity index is 2.53. The molecule has 0 aliphatic carbocycles. The zero-order valence-electron chi connectivity index (χ0n) is 9.91. The van der Waals surface area contributed by atoms with Crippen LogP contribution in [-0.4, -0.2) is 17.8 Å². The Morgan fingerprint density at radius 1 is 1.44 bits per heavy atom. The van der Waals surface area contributed by atoms with Gasteiger partial charge in [-0.15, -0.1) is 0 Å². The van der Waals surface area contributed by atoms with E-state index in [2.05, 4.69) is 46.4 Å². The van der Waals surface area contributed by atoms with Crippen LogP contribution in [-0.2, 0) is 0 Å². The van der Waals surface area contributed by atoms with Crippen LogP contribution >= 0.6 is 15.9 Å². The van der Waals surface area contributed by atoms with E-state index >= 15 is 0 Å². The summed E-state index contributed by atoms with van der Waals surface area (Å²) in [5, 5.41) is 12.7. The molecule has 2 nitrogen and oxygen atoms in total. The predicted octanol–water partition coefficient (Wildman–Crippen LogP) is 3.26. The van der Waals surface area contributed by atoms with Gasteiger partial charge in [0.15, 0.2) is 0 Å². The Labute approximate surface area is 106 Å². The maximum Gasteiger partial charge on any atom is 0.0524 e. The Morgan fingerprint density at radius 3 is 2.75 bits per heavy atom. The monoisotopic (exact) mass is 285 g/mol. The van der Waals surface area contributed by atoms with Crippen LogP contribution in [0.25, 0.3) is 0 Å². The number of rotatable bonds is 6. The zero-order valence-corrected chi connectivity index (χ0v) is 11.5. The Kier molecular flexibility index (Phi) is 6.03. The Hall–Kier alpha value is -0.380.